The molecule has 0 atom stereocenters. The highest BCUT2D eigenvalue weighted by atomic mass is 32.1. The molecule has 0 fully saturated rings. The van der Waals surface area contributed by atoms with E-state index in [1.165, 1.54) is 23.5 Å². The van der Waals surface area contributed by atoms with Crippen LogP contribution >= 0.6 is 11.3 Å². The number of benzene rings is 3. The summed E-state index contributed by atoms with van der Waals surface area (Å²) in [5.41, 5.74) is 11.6. The molecule has 5 aromatic rings. The van der Waals surface area contributed by atoms with E-state index in [2.05, 4.69) is 5.32 Å². The number of carbonyl (C=O) groups is 1. The number of halogens is 1. The molecule has 3 aromatic carbocycles. The first-order chi connectivity index (χ1) is 16.9. The van der Waals surface area contributed by atoms with Crippen LogP contribution in [-0.4, -0.2) is 18.0 Å². The van der Waals surface area contributed by atoms with E-state index in [4.69, 9.17) is 15.5 Å². The summed E-state index contributed by atoms with van der Waals surface area (Å²) in [5, 5.41) is 3.32. The van der Waals surface area contributed by atoms with Crippen LogP contribution < -0.4 is 15.8 Å². The molecular weight excluding hydrogens is 461 g/mol. The van der Waals surface area contributed by atoms with E-state index in [1.54, 1.807) is 19.2 Å². The summed E-state index contributed by atoms with van der Waals surface area (Å²) in [6.07, 6.45) is 0. The van der Waals surface area contributed by atoms with E-state index < -0.39 is 11.7 Å². The number of nitrogens with one attached hydrogen (secondary N) is 1. The highest BCUT2D eigenvalue weighted by Gasteiger charge is 2.22. The Labute approximate surface area is 206 Å². The number of hydrogen-bond donors (Lipinski definition) is 2. The third-order valence-corrected chi connectivity index (χ3v) is 6.87. The third kappa shape index (κ3) is 4.34. The van der Waals surface area contributed by atoms with Gasteiger partial charge in [0.05, 0.1) is 24.2 Å². The van der Waals surface area contributed by atoms with Crippen molar-refractivity contribution >= 4 is 38.8 Å². The fraction of sp³-hybridized carbons (Fsp3) is 0.0714. The molecule has 0 saturated carbocycles. The van der Waals surface area contributed by atoms with Gasteiger partial charge in [0.15, 0.2) is 0 Å². The van der Waals surface area contributed by atoms with Crippen molar-refractivity contribution in [3.63, 3.8) is 0 Å². The van der Waals surface area contributed by atoms with E-state index in [0.717, 1.165) is 33.7 Å². The molecule has 35 heavy (non-hydrogen) atoms. The zero-order chi connectivity index (χ0) is 24.5. The lowest BCUT2D eigenvalue weighted by Crippen LogP contribution is -2.13. The van der Waals surface area contributed by atoms with Gasteiger partial charge in [0.2, 0.25) is 0 Å². The average Bonchev–Trinajstić information content (AvgIpc) is 3.22. The van der Waals surface area contributed by atoms with Gasteiger partial charge >= 0.3 is 0 Å². The number of aryl methyl sites for hydroxylation is 1. The third-order valence-electron chi connectivity index (χ3n) is 5.78. The first-order valence-corrected chi connectivity index (χ1v) is 11.8. The van der Waals surface area contributed by atoms with E-state index in [9.17, 15) is 9.18 Å². The summed E-state index contributed by atoms with van der Waals surface area (Å²) >= 11 is 1.19. The Hall–Kier alpha value is -4.23. The maximum Gasteiger partial charge on any atom is 0.268 e. The van der Waals surface area contributed by atoms with Crippen molar-refractivity contribution in [2.75, 3.05) is 18.2 Å². The molecule has 0 bridgehead atoms. The van der Waals surface area contributed by atoms with Crippen molar-refractivity contribution in [3.8, 4) is 28.1 Å². The molecule has 0 radical (unpaired) electrons. The summed E-state index contributed by atoms with van der Waals surface area (Å²) in [4.78, 5) is 18.8. The molecule has 2 aromatic heterocycles. The van der Waals surface area contributed by atoms with Gasteiger partial charge in [0.25, 0.3) is 5.91 Å². The van der Waals surface area contributed by atoms with Gasteiger partial charge in [-0.05, 0) is 48.4 Å². The number of hydrogen-bond acceptors (Lipinski definition) is 5. The topological polar surface area (TPSA) is 77.2 Å². The van der Waals surface area contributed by atoms with Gasteiger partial charge in [0.1, 0.15) is 21.3 Å². The van der Waals surface area contributed by atoms with E-state index in [0.29, 0.717) is 15.9 Å². The lowest BCUT2D eigenvalue weighted by Gasteiger charge is -2.10. The summed E-state index contributed by atoms with van der Waals surface area (Å²) < 4.78 is 19.4. The standard InChI is InChI=1S/C28H22FN3O2S/c1-16-7-9-18(10-8-16)23-15-20(17-11-13-19(34-2)14-12-17)24-25(30)26(35-28(24)32-23)27(33)31-22-6-4-3-5-21(22)29/h3-15H,30H2,1-2H3,(H,31,33). The second-order valence-electron chi connectivity index (χ2n) is 8.11. The molecule has 0 aliphatic rings. The van der Waals surface area contributed by atoms with Crippen LogP contribution in [0, 0.1) is 12.7 Å². The minimum atomic E-state index is -0.515. The van der Waals surface area contributed by atoms with Gasteiger partial charge < -0.3 is 15.8 Å². The molecule has 0 aliphatic carbocycles. The van der Waals surface area contributed by atoms with Crippen LogP contribution in [0.1, 0.15) is 15.2 Å². The molecule has 0 unspecified atom stereocenters. The summed E-state index contributed by atoms with van der Waals surface area (Å²) in [5.74, 6) is -0.256. The molecule has 0 aliphatic heterocycles. The zero-order valence-corrected chi connectivity index (χ0v) is 19.9. The van der Waals surface area contributed by atoms with Crippen LogP contribution in [0.5, 0.6) is 5.75 Å². The predicted molar refractivity (Wildman–Crippen MR) is 141 cm³/mol. The summed E-state index contributed by atoms with van der Waals surface area (Å²) in [6.45, 7) is 2.03. The zero-order valence-electron chi connectivity index (χ0n) is 19.1. The number of pyridine rings is 1. The minimum absolute atomic E-state index is 0.0954. The van der Waals surface area contributed by atoms with Crippen molar-refractivity contribution < 1.29 is 13.9 Å². The quantitative estimate of drug-likeness (QED) is 0.284. The fourth-order valence-electron chi connectivity index (χ4n) is 3.90. The molecule has 3 N–H and O–H groups in total. The maximum atomic E-state index is 14.1. The van der Waals surface area contributed by atoms with E-state index >= 15 is 0 Å². The summed E-state index contributed by atoms with van der Waals surface area (Å²) in [6, 6.07) is 23.8. The number of nitrogens with two attached hydrogens (primary N) is 1. The Morgan fingerprint density at radius 2 is 1.69 bits per heavy atom. The highest BCUT2D eigenvalue weighted by Crippen LogP contribution is 2.42. The lowest BCUT2D eigenvalue weighted by molar-refractivity contribution is 0.103. The number of fused-ring (bicyclic) bond motifs is 1. The number of amides is 1. The van der Waals surface area contributed by atoms with E-state index in [1.807, 2.05) is 61.5 Å². The average molecular weight is 484 g/mol. The number of ether oxygens (including phenoxy) is 1. The number of nitrogen functional groups attached to an aromatic ring is 1. The van der Waals surface area contributed by atoms with Crippen molar-refractivity contribution in [3.05, 3.63) is 95.1 Å². The minimum Gasteiger partial charge on any atom is -0.497 e. The molecule has 5 rings (SSSR count). The Kier molecular flexibility index (Phi) is 5.93. The number of carbonyl (C=O) groups excluding carboxylic acids is 1. The van der Waals surface area contributed by atoms with Crippen LogP contribution in [-0.2, 0) is 0 Å². The maximum absolute atomic E-state index is 14.1. The second kappa shape index (κ2) is 9.19. The van der Waals surface area contributed by atoms with Crippen LogP contribution in [0.3, 0.4) is 0 Å². The molecule has 174 valence electrons. The van der Waals surface area contributed by atoms with Crippen molar-refractivity contribution in [1.82, 2.24) is 4.98 Å². The van der Waals surface area contributed by atoms with Gasteiger partial charge in [-0.25, -0.2) is 9.37 Å². The molecular formula is C28H22FN3O2S. The number of thiophene rings is 1. The second-order valence-corrected chi connectivity index (χ2v) is 9.11. The first kappa shape index (κ1) is 22.6. The van der Waals surface area contributed by atoms with Gasteiger partial charge in [-0.15, -0.1) is 11.3 Å². The predicted octanol–water partition coefficient (Wildman–Crippen LogP) is 6.92. The number of rotatable bonds is 5. The lowest BCUT2D eigenvalue weighted by atomic mass is 9.99. The molecule has 0 spiro atoms. The van der Waals surface area contributed by atoms with Crippen molar-refractivity contribution in [2.24, 2.45) is 0 Å². The van der Waals surface area contributed by atoms with E-state index in [-0.39, 0.29) is 10.6 Å². The Morgan fingerprint density at radius 3 is 2.37 bits per heavy atom. The monoisotopic (exact) mass is 483 g/mol. The number of aromatic nitrogens is 1. The highest BCUT2D eigenvalue weighted by molar-refractivity contribution is 7.21. The van der Waals surface area contributed by atoms with Crippen LogP contribution in [0.15, 0.2) is 78.9 Å². The Bertz CT molecular complexity index is 1540. The number of nitrogens with zero attached hydrogens (tertiary/aromatic N) is 1. The summed E-state index contributed by atoms with van der Waals surface area (Å²) in [7, 11) is 1.62. The van der Waals surface area contributed by atoms with Crippen LogP contribution in [0.2, 0.25) is 0 Å². The molecule has 5 nitrogen and oxygen atoms in total. The Morgan fingerprint density at radius 1 is 1.00 bits per heavy atom. The van der Waals surface area contributed by atoms with Crippen LogP contribution in [0.4, 0.5) is 15.8 Å². The van der Waals surface area contributed by atoms with Crippen molar-refractivity contribution in [1.29, 1.82) is 0 Å². The normalized spacial score (nSPS) is 10.9. The SMILES string of the molecule is COc1ccc(-c2cc(-c3ccc(C)cc3)nc3sc(C(=O)Nc4ccccc4F)c(N)c23)cc1. The van der Waals surface area contributed by atoms with Crippen molar-refractivity contribution in [2.45, 2.75) is 6.92 Å². The molecule has 2 heterocycles. The molecule has 7 heteroatoms. The van der Waals surface area contributed by atoms with Gasteiger partial charge in [-0.3, -0.25) is 4.79 Å². The first-order valence-electron chi connectivity index (χ1n) is 10.9. The number of methoxy groups -OCH3 is 1. The Balaban J connectivity index is 1.67. The molecule has 1 amide bonds. The van der Waals surface area contributed by atoms with Crippen LogP contribution in [0.25, 0.3) is 32.6 Å². The fourth-order valence-corrected chi connectivity index (χ4v) is 4.92. The van der Waals surface area contributed by atoms with Gasteiger partial charge in [-0.1, -0.05) is 54.1 Å². The van der Waals surface area contributed by atoms with Gasteiger partial charge in [0, 0.05) is 10.9 Å². The molecule has 0 saturated heterocycles. The van der Waals surface area contributed by atoms with Gasteiger partial charge in [-0.2, -0.15) is 0 Å². The largest absolute Gasteiger partial charge is 0.497 e. The number of anilines is 2. The number of para-hydroxylation sites is 1. The smallest absolute Gasteiger partial charge is 0.268 e.